The van der Waals surface area contributed by atoms with Crippen LogP contribution in [-0.4, -0.2) is 56.3 Å². The van der Waals surface area contributed by atoms with Crippen molar-refractivity contribution in [3.63, 3.8) is 0 Å². The minimum Gasteiger partial charge on any atom is -0.493 e. The normalized spacial score (nSPS) is 14.4. The third-order valence-electron chi connectivity index (χ3n) is 4.67. The Morgan fingerprint density at radius 3 is 2.24 bits per heavy atom. The van der Waals surface area contributed by atoms with Gasteiger partial charge < -0.3 is 19.1 Å². The van der Waals surface area contributed by atoms with E-state index in [0.29, 0.717) is 48.9 Å². The van der Waals surface area contributed by atoms with Crippen LogP contribution in [0, 0.1) is 10.1 Å². The number of methoxy groups -OCH3 is 2. The van der Waals surface area contributed by atoms with Crippen LogP contribution in [0.1, 0.15) is 11.1 Å². The Morgan fingerprint density at radius 1 is 1.03 bits per heavy atom. The molecule has 0 unspecified atom stereocenters. The third-order valence-corrected chi connectivity index (χ3v) is 4.67. The monoisotopic (exact) mass is 398 g/mol. The van der Waals surface area contributed by atoms with Crippen molar-refractivity contribution in [2.45, 2.75) is 0 Å². The Bertz CT molecular complexity index is 917. The first kappa shape index (κ1) is 20.3. The van der Waals surface area contributed by atoms with Crippen molar-refractivity contribution in [1.29, 1.82) is 0 Å². The minimum atomic E-state index is -0.456. The molecule has 1 saturated heterocycles. The van der Waals surface area contributed by atoms with Crippen molar-refractivity contribution in [1.82, 2.24) is 4.90 Å². The number of hydrogen-bond acceptors (Lipinski definition) is 6. The van der Waals surface area contributed by atoms with Crippen LogP contribution in [0.3, 0.4) is 0 Å². The molecule has 0 aliphatic carbocycles. The second-order valence-corrected chi connectivity index (χ2v) is 6.37. The van der Waals surface area contributed by atoms with Gasteiger partial charge >= 0.3 is 0 Å². The molecule has 0 aromatic heterocycles. The maximum atomic E-state index is 12.8. The van der Waals surface area contributed by atoms with Gasteiger partial charge in [-0.1, -0.05) is 6.07 Å². The highest BCUT2D eigenvalue weighted by atomic mass is 16.6. The average molecular weight is 398 g/mol. The van der Waals surface area contributed by atoms with Crippen LogP contribution in [-0.2, 0) is 9.53 Å². The number of non-ortho nitro benzene ring substituents is 1. The maximum Gasteiger partial charge on any atom is 0.269 e. The van der Waals surface area contributed by atoms with Gasteiger partial charge in [-0.25, -0.2) is 0 Å². The van der Waals surface area contributed by atoms with E-state index >= 15 is 0 Å². The van der Waals surface area contributed by atoms with E-state index in [1.54, 1.807) is 42.4 Å². The van der Waals surface area contributed by atoms with Gasteiger partial charge in [-0.3, -0.25) is 14.9 Å². The highest BCUT2D eigenvalue weighted by Gasteiger charge is 2.18. The number of nitro groups is 1. The van der Waals surface area contributed by atoms with Crippen LogP contribution in [0.5, 0.6) is 11.5 Å². The molecular weight excluding hydrogens is 376 g/mol. The van der Waals surface area contributed by atoms with Crippen molar-refractivity contribution < 1.29 is 23.9 Å². The second-order valence-electron chi connectivity index (χ2n) is 6.37. The SMILES string of the molecule is COc1ccc(C(=CC(=O)N2CCOCC2)c2ccc([N+](=O)[O-])cc2)cc1OC. The van der Waals surface area contributed by atoms with E-state index < -0.39 is 4.92 Å². The van der Waals surface area contributed by atoms with Crippen LogP contribution < -0.4 is 9.47 Å². The molecule has 0 N–H and O–H groups in total. The van der Waals surface area contributed by atoms with Gasteiger partial charge in [-0.15, -0.1) is 0 Å². The summed E-state index contributed by atoms with van der Waals surface area (Å²) < 4.78 is 16.0. The summed E-state index contributed by atoms with van der Waals surface area (Å²) in [4.78, 5) is 25.1. The smallest absolute Gasteiger partial charge is 0.269 e. The lowest BCUT2D eigenvalue weighted by Crippen LogP contribution is -2.39. The molecule has 29 heavy (non-hydrogen) atoms. The van der Waals surface area contributed by atoms with E-state index in [1.807, 2.05) is 6.07 Å². The van der Waals surface area contributed by atoms with Gasteiger partial charge in [0.15, 0.2) is 11.5 Å². The highest BCUT2D eigenvalue weighted by molar-refractivity contribution is 5.99. The predicted molar refractivity (Wildman–Crippen MR) is 107 cm³/mol. The maximum absolute atomic E-state index is 12.8. The molecule has 3 rings (SSSR count). The zero-order valence-corrected chi connectivity index (χ0v) is 16.3. The van der Waals surface area contributed by atoms with Gasteiger partial charge in [0, 0.05) is 31.3 Å². The first-order chi connectivity index (χ1) is 14.0. The molecule has 0 saturated carbocycles. The molecule has 8 nitrogen and oxygen atoms in total. The largest absolute Gasteiger partial charge is 0.493 e. The minimum absolute atomic E-state index is 0.0140. The summed E-state index contributed by atoms with van der Waals surface area (Å²) in [5, 5.41) is 11.0. The summed E-state index contributed by atoms with van der Waals surface area (Å²) in [5.74, 6) is 0.951. The summed E-state index contributed by atoms with van der Waals surface area (Å²) in [6, 6.07) is 11.5. The number of nitrogens with zero attached hydrogens (tertiary/aromatic N) is 2. The standard InChI is InChI=1S/C21H22N2O6/c1-27-19-8-5-16(13-20(19)28-2)18(14-21(24)22-9-11-29-12-10-22)15-3-6-17(7-4-15)23(25)26/h3-8,13-14H,9-12H2,1-2H3. The summed E-state index contributed by atoms with van der Waals surface area (Å²) in [7, 11) is 3.09. The van der Waals surface area contributed by atoms with Crippen molar-refractivity contribution in [3.8, 4) is 11.5 Å². The Morgan fingerprint density at radius 2 is 1.66 bits per heavy atom. The van der Waals surface area contributed by atoms with Gasteiger partial charge in [0.05, 0.1) is 32.4 Å². The molecule has 1 aliphatic heterocycles. The molecule has 0 atom stereocenters. The van der Waals surface area contributed by atoms with Crippen LogP contribution in [0.4, 0.5) is 5.69 Å². The number of carbonyl (C=O) groups excluding carboxylic acids is 1. The van der Waals surface area contributed by atoms with E-state index in [0.717, 1.165) is 5.56 Å². The van der Waals surface area contributed by atoms with Gasteiger partial charge in [-0.05, 0) is 41.0 Å². The number of benzene rings is 2. The first-order valence-electron chi connectivity index (χ1n) is 9.09. The van der Waals surface area contributed by atoms with Crippen LogP contribution >= 0.6 is 0 Å². The Balaban J connectivity index is 2.04. The summed E-state index contributed by atoms with van der Waals surface area (Å²) in [6.07, 6.45) is 1.55. The molecule has 1 heterocycles. The summed E-state index contributed by atoms with van der Waals surface area (Å²) >= 11 is 0. The van der Waals surface area contributed by atoms with Crippen molar-refractivity contribution in [2.24, 2.45) is 0 Å². The highest BCUT2D eigenvalue weighted by Crippen LogP contribution is 2.33. The van der Waals surface area contributed by atoms with Crippen LogP contribution in [0.15, 0.2) is 48.5 Å². The molecule has 152 valence electrons. The van der Waals surface area contributed by atoms with Crippen molar-refractivity contribution in [2.75, 3.05) is 40.5 Å². The molecule has 0 bridgehead atoms. The Labute approximate surface area is 168 Å². The lowest BCUT2D eigenvalue weighted by Gasteiger charge is -2.26. The van der Waals surface area contributed by atoms with Gasteiger partial charge in [-0.2, -0.15) is 0 Å². The fraction of sp³-hybridized carbons (Fsp3) is 0.286. The predicted octanol–water partition coefficient (Wildman–Crippen LogP) is 2.90. The Hall–Kier alpha value is -3.39. The van der Waals surface area contributed by atoms with E-state index in [1.165, 1.54) is 19.2 Å². The summed E-state index contributed by atoms with van der Waals surface area (Å²) in [6.45, 7) is 2.05. The molecule has 8 heteroatoms. The number of hydrogen-bond donors (Lipinski definition) is 0. The van der Waals surface area contributed by atoms with Gasteiger partial charge in [0.2, 0.25) is 5.91 Å². The topological polar surface area (TPSA) is 91.1 Å². The van der Waals surface area contributed by atoms with Crippen molar-refractivity contribution in [3.05, 3.63) is 69.8 Å². The molecule has 2 aromatic carbocycles. The second kappa shape index (κ2) is 9.20. The zero-order chi connectivity index (χ0) is 20.8. The lowest BCUT2D eigenvalue weighted by molar-refractivity contribution is -0.384. The van der Waals surface area contributed by atoms with Gasteiger partial charge in [0.1, 0.15) is 0 Å². The fourth-order valence-corrected chi connectivity index (χ4v) is 3.10. The molecule has 0 spiro atoms. The quantitative estimate of drug-likeness (QED) is 0.422. The van der Waals surface area contributed by atoms with E-state index in [4.69, 9.17) is 14.2 Å². The molecule has 2 aromatic rings. The van der Waals surface area contributed by atoms with E-state index in [2.05, 4.69) is 0 Å². The van der Waals surface area contributed by atoms with Crippen LogP contribution in [0.2, 0.25) is 0 Å². The molecule has 0 radical (unpaired) electrons. The lowest BCUT2D eigenvalue weighted by atomic mass is 9.96. The summed E-state index contributed by atoms with van der Waals surface area (Å²) in [5.41, 5.74) is 2.04. The number of nitro benzene ring substituents is 1. The van der Waals surface area contributed by atoms with Crippen molar-refractivity contribution >= 4 is 17.2 Å². The number of morpholine rings is 1. The number of rotatable bonds is 6. The zero-order valence-electron chi connectivity index (χ0n) is 16.3. The van der Waals surface area contributed by atoms with E-state index in [9.17, 15) is 14.9 Å². The third kappa shape index (κ3) is 4.72. The molecule has 1 fully saturated rings. The number of carbonyl (C=O) groups is 1. The number of amides is 1. The molecule has 1 amide bonds. The number of ether oxygens (including phenoxy) is 3. The Kier molecular flexibility index (Phi) is 6.46. The first-order valence-corrected chi connectivity index (χ1v) is 9.09. The molecule has 1 aliphatic rings. The average Bonchev–Trinajstić information content (AvgIpc) is 2.77. The van der Waals surface area contributed by atoms with E-state index in [-0.39, 0.29) is 11.6 Å². The van der Waals surface area contributed by atoms with Crippen LogP contribution in [0.25, 0.3) is 5.57 Å². The van der Waals surface area contributed by atoms with Gasteiger partial charge in [0.25, 0.3) is 5.69 Å². The fourth-order valence-electron chi connectivity index (χ4n) is 3.10. The molecular formula is C21H22N2O6.